The van der Waals surface area contributed by atoms with Crippen molar-refractivity contribution >= 4 is 0 Å². The fourth-order valence-corrected chi connectivity index (χ4v) is 3.40. The van der Waals surface area contributed by atoms with E-state index in [4.69, 9.17) is 0 Å². The van der Waals surface area contributed by atoms with Gasteiger partial charge in [-0.2, -0.15) is 0 Å². The Morgan fingerprint density at radius 1 is 1.15 bits per heavy atom. The molecule has 1 aliphatic heterocycles. The summed E-state index contributed by atoms with van der Waals surface area (Å²) >= 11 is 0. The van der Waals surface area contributed by atoms with Crippen molar-refractivity contribution in [2.45, 2.75) is 53.2 Å². The van der Waals surface area contributed by atoms with Crippen LogP contribution in [0.1, 0.15) is 45.2 Å². The van der Waals surface area contributed by atoms with Gasteiger partial charge in [0.2, 0.25) is 0 Å². The molecule has 2 heteroatoms. The molecule has 0 bridgehead atoms. The molecule has 0 saturated carbocycles. The third-order valence-corrected chi connectivity index (χ3v) is 4.78. The third kappa shape index (κ3) is 3.83. The standard InChI is InChI=1S/C18H30N2/c1-5-19-11-17-8-6-7-9-18(17)13-20-12-14(2)10-15(3)16(20)4/h6-9,14-16,19H,5,10-13H2,1-4H3. The van der Waals surface area contributed by atoms with Gasteiger partial charge in [-0.1, -0.05) is 45.0 Å². The van der Waals surface area contributed by atoms with Crippen LogP contribution < -0.4 is 5.32 Å². The summed E-state index contributed by atoms with van der Waals surface area (Å²) in [5.41, 5.74) is 2.94. The van der Waals surface area contributed by atoms with Crippen molar-refractivity contribution in [3.63, 3.8) is 0 Å². The molecule has 2 rings (SSSR count). The number of nitrogens with one attached hydrogen (secondary N) is 1. The second-order valence-electron chi connectivity index (χ2n) is 6.54. The van der Waals surface area contributed by atoms with Crippen LogP contribution in [0.4, 0.5) is 0 Å². The summed E-state index contributed by atoms with van der Waals surface area (Å²) < 4.78 is 0. The lowest BCUT2D eigenvalue weighted by molar-refractivity contribution is 0.0727. The minimum Gasteiger partial charge on any atom is -0.313 e. The molecule has 3 atom stereocenters. The molecular formula is C18H30N2. The van der Waals surface area contributed by atoms with Gasteiger partial charge in [0, 0.05) is 25.7 Å². The first-order valence-corrected chi connectivity index (χ1v) is 8.13. The highest BCUT2D eigenvalue weighted by atomic mass is 15.2. The lowest BCUT2D eigenvalue weighted by Gasteiger charge is -2.41. The van der Waals surface area contributed by atoms with Crippen molar-refractivity contribution in [2.75, 3.05) is 13.1 Å². The molecule has 1 aliphatic rings. The second kappa shape index (κ2) is 7.24. The normalized spacial score (nSPS) is 27.7. The smallest absolute Gasteiger partial charge is 0.0240 e. The monoisotopic (exact) mass is 274 g/mol. The van der Waals surface area contributed by atoms with Crippen LogP contribution in [0.3, 0.4) is 0 Å². The van der Waals surface area contributed by atoms with Crippen molar-refractivity contribution in [1.82, 2.24) is 10.2 Å². The number of rotatable bonds is 5. The van der Waals surface area contributed by atoms with Crippen LogP contribution in [-0.4, -0.2) is 24.0 Å². The van der Waals surface area contributed by atoms with Gasteiger partial charge in [-0.15, -0.1) is 0 Å². The molecule has 1 heterocycles. The summed E-state index contributed by atoms with van der Waals surface area (Å²) in [5.74, 6) is 1.63. The summed E-state index contributed by atoms with van der Waals surface area (Å²) in [7, 11) is 0. The van der Waals surface area contributed by atoms with Crippen LogP contribution in [0, 0.1) is 11.8 Å². The Morgan fingerprint density at radius 3 is 2.55 bits per heavy atom. The lowest BCUT2D eigenvalue weighted by Crippen LogP contribution is -2.45. The topological polar surface area (TPSA) is 15.3 Å². The first kappa shape index (κ1) is 15.5. The van der Waals surface area contributed by atoms with E-state index in [1.807, 2.05) is 0 Å². The van der Waals surface area contributed by atoms with E-state index in [0.717, 1.165) is 31.5 Å². The molecule has 0 amide bonds. The third-order valence-electron chi connectivity index (χ3n) is 4.78. The Balaban J connectivity index is 2.08. The average molecular weight is 274 g/mol. The molecule has 1 fully saturated rings. The first-order chi connectivity index (χ1) is 9.61. The Bertz CT molecular complexity index is 416. The zero-order valence-corrected chi connectivity index (χ0v) is 13.5. The van der Waals surface area contributed by atoms with Gasteiger partial charge < -0.3 is 5.32 Å². The maximum Gasteiger partial charge on any atom is 0.0240 e. The van der Waals surface area contributed by atoms with Gasteiger partial charge in [0.1, 0.15) is 0 Å². The van der Waals surface area contributed by atoms with E-state index in [1.165, 1.54) is 24.1 Å². The number of benzene rings is 1. The molecular weight excluding hydrogens is 244 g/mol. The highest BCUT2D eigenvalue weighted by Gasteiger charge is 2.28. The van der Waals surface area contributed by atoms with Gasteiger partial charge in [-0.25, -0.2) is 0 Å². The minimum absolute atomic E-state index is 0.693. The summed E-state index contributed by atoms with van der Waals surface area (Å²) in [6, 6.07) is 9.58. The van der Waals surface area contributed by atoms with Crippen molar-refractivity contribution in [2.24, 2.45) is 11.8 Å². The SMILES string of the molecule is CCNCc1ccccc1CN1CC(C)CC(C)C1C. The Morgan fingerprint density at radius 2 is 1.85 bits per heavy atom. The average Bonchev–Trinajstić information content (AvgIpc) is 2.43. The van der Waals surface area contributed by atoms with E-state index >= 15 is 0 Å². The van der Waals surface area contributed by atoms with Crippen LogP contribution in [-0.2, 0) is 13.1 Å². The van der Waals surface area contributed by atoms with Crippen molar-refractivity contribution in [3.05, 3.63) is 35.4 Å². The van der Waals surface area contributed by atoms with E-state index in [0.29, 0.717) is 6.04 Å². The van der Waals surface area contributed by atoms with Crippen molar-refractivity contribution in [3.8, 4) is 0 Å². The Hall–Kier alpha value is -0.860. The van der Waals surface area contributed by atoms with Gasteiger partial charge in [0.25, 0.3) is 0 Å². The molecule has 1 N–H and O–H groups in total. The van der Waals surface area contributed by atoms with Gasteiger partial charge in [-0.3, -0.25) is 4.90 Å². The van der Waals surface area contributed by atoms with E-state index in [9.17, 15) is 0 Å². The summed E-state index contributed by atoms with van der Waals surface area (Å²) in [5, 5.41) is 3.45. The summed E-state index contributed by atoms with van der Waals surface area (Å²) in [4.78, 5) is 2.67. The van der Waals surface area contributed by atoms with Gasteiger partial charge in [-0.05, 0) is 42.9 Å². The molecule has 0 radical (unpaired) electrons. The predicted molar refractivity (Wildman–Crippen MR) is 86.6 cm³/mol. The van der Waals surface area contributed by atoms with Crippen LogP contribution in [0.2, 0.25) is 0 Å². The van der Waals surface area contributed by atoms with Gasteiger partial charge in [0.15, 0.2) is 0 Å². The maximum atomic E-state index is 3.45. The Labute approximate surface area is 124 Å². The zero-order chi connectivity index (χ0) is 14.5. The van der Waals surface area contributed by atoms with E-state index in [2.05, 4.69) is 62.2 Å². The van der Waals surface area contributed by atoms with Crippen molar-refractivity contribution in [1.29, 1.82) is 0 Å². The van der Waals surface area contributed by atoms with E-state index in [1.54, 1.807) is 0 Å². The minimum atomic E-state index is 0.693. The number of hydrogen-bond acceptors (Lipinski definition) is 2. The van der Waals surface area contributed by atoms with Crippen LogP contribution in [0.5, 0.6) is 0 Å². The molecule has 2 nitrogen and oxygen atoms in total. The van der Waals surface area contributed by atoms with Crippen LogP contribution in [0.15, 0.2) is 24.3 Å². The molecule has 0 aliphatic carbocycles. The predicted octanol–water partition coefficient (Wildman–Crippen LogP) is 3.66. The van der Waals surface area contributed by atoms with Crippen LogP contribution >= 0.6 is 0 Å². The number of piperidine rings is 1. The van der Waals surface area contributed by atoms with E-state index in [-0.39, 0.29) is 0 Å². The van der Waals surface area contributed by atoms with Gasteiger partial charge >= 0.3 is 0 Å². The number of nitrogens with zero attached hydrogens (tertiary/aromatic N) is 1. The molecule has 1 aromatic rings. The quantitative estimate of drug-likeness (QED) is 0.881. The highest BCUT2D eigenvalue weighted by Crippen LogP contribution is 2.28. The fraction of sp³-hybridized carbons (Fsp3) is 0.667. The molecule has 3 unspecified atom stereocenters. The Kier molecular flexibility index (Phi) is 5.62. The molecule has 112 valence electrons. The first-order valence-electron chi connectivity index (χ1n) is 8.13. The van der Waals surface area contributed by atoms with Crippen molar-refractivity contribution < 1.29 is 0 Å². The van der Waals surface area contributed by atoms with Crippen LogP contribution in [0.25, 0.3) is 0 Å². The largest absolute Gasteiger partial charge is 0.313 e. The zero-order valence-electron chi connectivity index (χ0n) is 13.5. The molecule has 1 aromatic carbocycles. The molecule has 0 spiro atoms. The maximum absolute atomic E-state index is 3.45. The highest BCUT2D eigenvalue weighted by molar-refractivity contribution is 5.27. The molecule has 0 aromatic heterocycles. The molecule has 20 heavy (non-hydrogen) atoms. The summed E-state index contributed by atoms with van der Waals surface area (Å²) in [6.45, 7) is 13.7. The fourth-order valence-electron chi connectivity index (χ4n) is 3.40. The number of likely N-dealkylation sites (tertiary alicyclic amines) is 1. The molecule has 1 saturated heterocycles. The summed E-state index contributed by atoms with van der Waals surface area (Å²) in [6.07, 6.45) is 1.37. The lowest BCUT2D eigenvalue weighted by atomic mass is 9.85. The van der Waals surface area contributed by atoms with E-state index < -0.39 is 0 Å². The van der Waals surface area contributed by atoms with Gasteiger partial charge in [0.05, 0.1) is 0 Å². The second-order valence-corrected chi connectivity index (χ2v) is 6.54. The number of hydrogen-bond donors (Lipinski definition) is 1.